The summed E-state index contributed by atoms with van der Waals surface area (Å²) in [5.41, 5.74) is 9.78. The van der Waals surface area contributed by atoms with Crippen LogP contribution in [-0.2, 0) is 20.2 Å². The van der Waals surface area contributed by atoms with Crippen molar-refractivity contribution in [3.8, 4) is 0 Å². The second-order valence-corrected chi connectivity index (χ2v) is 16.2. The van der Waals surface area contributed by atoms with Crippen LogP contribution in [0, 0.1) is 0 Å². The molecule has 0 unspecified atom stereocenters. The first kappa shape index (κ1) is 35.0. The number of rotatable bonds is 6. The van der Waals surface area contributed by atoms with Crippen molar-refractivity contribution >= 4 is 42.5 Å². The molecule has 0 aliphatic carbocycles. The summed E-state index contributed by atoms with van der Waals surface area (Å²) in [7, 11) is -8.81. The number of aromatic amines is 4. The van der Waals surface area contributed by atoms with Gasteiger partial charge < -0.3 is 19.9 Å². The molecule has 4 aromatic heterocycles. The van der Waals surface area contributed by atoms with Crippen LogP contribution in [-0.4, -0.2) is 45.9 Å². The molecule has 9 rings (SSSR count). The Bertz CT molecular complexity index is 3050. The first-order valence-electron chi connectivity index (χ1n) is 17.5. The fraction of sp³-hybridized carbons (Fsp3) is 0. The van der Waals surface area contributed by atoms with Crippen LogP contribution in [0.5, 0.6) is 0 Å². The maximum Gasteiger partial charge on any atom is 0.294 e. The third-order valence-corrected chi connectivity index (χ3v) is 11.6. The van der Waals surface area contributed by atoms with Crippen LogP contribution in [0.15, 0.2) is 168 Å². The number of fused-ring (bicyclic) bond motifs is 8. The molecule has 1 aliphatic heterocycles. The van der Waals surface area contributed by atoms with Crippen molar-refractivity contribution in [2.24, 2.45) is 0 Å². The van der Waals surface area contributed by atoms with Crippen LogP contribution in [0.4, 0.5) is 0 Å². The Hall–Kier alpha value is -6.70. The molecule has 0 saturated heterocycles. The van der Waals surface area contributed by atoms with E-state index >= 15 is 0 Å². The van der Waals surface area contributed by atoms with Crippen molar-refractivity contribution in [3.05, 3.63) is 224 Å². The highest BCUT2D eigenvalue weighted by atomic mass is 32.2. The molecule has 0 amide bonds. The van der Waals surface area contributed by atoms with Crippen molar-refractivity contribution in [2.45, 2.75) is 9.79 Å². The summed E-state index contributed by atoms with van der Waals surface area (Å²) in [5, 5.41) is 3.14. The average molecular weight is 777 g/mol. The van der Waals surface area contributed by atoms with Crippen LogP contribution >= 0.6 is 0 Å². The van der Waals surface area contributed by atoms with Gasteiger partial charge >= 0.3 is 0 Å². The van der Waals surface area contributed by atoms with Crippen molar-refractivity contribution in [1.82, 2.24) is 19.9 Å². The predicted octanol–water partition coefficient (Wildman–Crippen LogP) is 4.80. The van der Waals surface area contributed by atoms with Crippen LogP contribution in [0.25, 0.3) is 22.3 Å². The van der Waals surface area contributed by atoms with Gasteiger partial charge in [-0.3, -0.25) is 9.11 Å². The summed E-state index contributed by atoms with van der Waals surface area (Å²) < 4.78 is 67.4. The highest BCUT2D eigenvalue weighted by molar-refractivity contribution is 7.86. The summed E-state index contributed by atoms with van der Waals surface area (Å²) in [6.45, 7) is 0. The number of hydrogen-bond donors (Lipinski definition) is 6. The van der Waals surface area contributed by atoms with E-state index in [1.54, 1.807) is 24.3 Å². The van der Waals surface area contributed by atoms with E-state index in [1.807, 2.05) is 109 Å². The molecule has 0 fully saturated rings. The lowest BCUT2D eigenvalue weighted by Gasteiger charge is -2.10. The highest BCUT2D eigenvalue weighted by Crippen LogP contribution is 2.28. The Morgan fingerprint density at radius 2 is 0.571 bits per heavy atom. The highest BCUT2D eigenvalue weighted by Gasteiger charge is 2.19. The Balaban J connectivity index is 1.40. The molecule has 10 nitrogen and oxygen atoms in total. The maximum absolute atomic E-state index is 12.0. The van der Waals surface area contributed by atoms with Crippen LogP contribution in [0.1, 0.15) is 45.0 Å². The Morgan fingerprint density at radius 3 is 0.839 bits per heavy atom. The summed E-state index contributed by atoms with van der Waals surface area (Å²) in [6.07, 6.45) is 0. The van der Waals surface area contributed by atoms with E-state index < -0.39 is 20.2 Å². The molecule has 56 heavy (non-hydrogen) atoms. The van der Waals surface area contributed by atoms with E-state index in [2.05, 4.69) is 19.9 Å². The zero-order chi connectivity index (χ0) is 38.6. The van der Waals surface area contributed by atoms with E-state index in [4.69, 9.17) is 0 Å². The van der Waals surface area contributed by atoms with Crippen LogP contribution in [0.3, 0.4) is 0 Å². The third-order valence-electron chi connectivity index (χ3n) is 9.91. The lowest BCUT2D eigenvalue weighted by Crippen LogP contribution is -2.19. The van der Waals surface area contributed by atoms with Gasteiger partial charge in [0, 0.05) is 66.5 Å². The molecule has 6 N–H and O–H groups in total. The monoisotopic (exact) mass is 776 g/mol. The van der Waals surface area contributed by atoms with Gasteiger partial charge in [-0.15, -0.1) is 0 Å². The molecule has 5 heterocycles. The second-order valence-electron chi connectivity index (χ2n) is 13.4. The van der Waals surface area contributed by atoms with E-state index in [0.29, 0.717) is 11.1 Å². The molecule has 12 heteroatoms. The molecule has 0 saturated carbocycles. The molecule has 8 aromatic rings. The Kier molecular flexibility index (Phi) is 8.48. The second kappa shape index (κ2) is 13.6. The molecule has 0 atom stereocenters. The van der Waals surface area contributed by atoms with Crippen molar-refractivity contribution in [2.75, 3.05) is 0 Å². The van der Waals surface area contributed by atoms with Crippen LogP contribution < -0.4 is 21.4 Å². The predicted molar refractivity (Wildman–Crippen MR) is 214 cm³/mol. The van der Waals surface area contributed by atoms with Crippen molar-refractivity contribution in [3.63, 3.8) is 0 Å². The van der Waals surface area contributed by atoms with Gasteiger partial charge in [-0.25, -0.2) is 0 Å². The Morgan fingerprint density at radius 1 is 0.304 bits per heavy atom. The molecule has 0 spiro atoms. The largest absolute Gasteiger partial charge is 0.354 e. The number of benzene rings is 4. The number of hydrogen-bond acceptors (Lipinski definition) is 4. The number of nitrogens with one attached hydrogen (secondary N) is 4. The number of aromatic nitrogens is 4. The van der Waals surface area contributed by atoms with Gasteiger partial charge in [0.15, 0.2) is 0 Å². The summed E-state index contributed by atoms with van der Waals surface area (Å²) >= 11 is 0. The van der Waals surface area contributed by atoms with Gasteiger partial charge in [0.1, 0.15) is 0 Å². The van der Waals surface area contributed by atoms with E-state index in [9.17, 15) is 25.9 Å². The fourth-order valence-electron chi connectivity index (χ4n) is 7.37. The van der Waals surface area contributed by atoms with Gasteiger partial charge in [0.05, 0.1) is 9.79 Å². The molecule has 276 valence electrons. The van der Waals surface area contributed by atoms with E-state index in [-0.39, 0.29) is 9.79 Å². The Labute approximate surface area is 321 Å². The standard InChI is InChI=1S/C44H32N4O6S2/c49-55(50,51)31-15-11-29(12-16-31)43-37-23-19-33(45-37)41(27-7-3-1-4-8-27)34-20-24-38(46-34)44(30-13-17-32(18-14-30)56(52,53)54)40-26-22-36(48-40)42(28-9-5-2-6-10-28)35-21-25-39(43)47-35/h1-26,45-48H,(H,49,50,51)(H,52,53,54). The molecule has 1 aliphatic rings. The third kappa shape index (κ3) is 6.46. The first-order valence-corrected chi connectivity index (χ1v) is 20.4. The molecule has 8 bridgehead atoms. The lowest BCUT2D eigenvalue weighted by molar-refractivity contribution is 0.481. The van der Waals surface area contributed by atoms with Gasteiger partial charge in [0.2, 0.25) is 0 Å². The lowest BCUT2D eigenvalue weighted by atomic mass is 10.0. The van der Waals surface area contributed by atoms with Gasteiger partial charge in [-0.1, -0.05) is 84.9 Å². The molecular weight excluding hydrogens is 745 g/mol. The normalized spacial score (nSPS) is 13.3. The summed E-state index contributed by atoms with van der Waals surface area (Å²) in [6, 6.07) is 48.1. The van der Waals surface area contributed by atoms with E-state index in [0.717, 1.165) is 77.6 Å². The molecule has 0 radical (unpaired) electrons. The molecule has 4 aromatic carbocycles. The summed E-state index contributed by atoms with van der Waals surface area (Å²) in [5.74, 6) is 0. The van der Waals surface area contributed by atoms with Crippen molar-refractivity contribution < 1.29 is 25.9 Å². The number of H-pyrrole nitrogens is 4. The smallest absolute Gasteiger partial charge is 0.294 e. The fourth-order valence-corrected chi connectivity index (χ4v) is 8.33. The SMILES string of the molecule is O=S(=O)(O)c1ccc(C2=c3ccc([nH]3)=C(c3ccccc3)c3ccc([nH]3)C(c3ccc(S(=O)(=O)O)cc3)=c3ccc([nH]3)=C(c3ccccc3)c3ccc2[nH]3)cc1. The topological polar surface area (TPSA) is 172 Å². The first-order chi connectivity index (χ1) is 27.0. The minimum Gasteiger partial charge on any atom is -0.354 e. The van der Waals surface area contributed by atoms with Crippen LogP contribution in [0.2, 0.25) is 0 Å². The van der Waals surface area contributed by atoms with E-state index in [1.165, 1.54) is 24.3 Å². The summed E-state index contributed by atoms with van der Waals surface area (Å²) in [4.78, 5) is 14.2. The quantitative estimate of drug-likeness (QED) is 0.133. The maximum atomic E-state index is 12.0. The average Bonchev–Trinajstić information content (AvgIpc) is 4.03. The van der Waals surface area contributed by atoms with Crippen molar-refractivity contribution in [1.29, 1.82) is 0 Å². The minimum atomic E-state index is -4.40. The zero-order valence-electron chi connectivity index (χ0n) is 29.4. The zero-order valence-corrected chi connectivity index (χ0v) is 31.0. The molecular formula is C44H32N4O6S2. The van der Waals surface area contributed by atoms with Gasteiger partial charge in [-0.05, 0) is 95.1 Å². The van der Waals surface area contributed by atoms with Gasteiger partial charge in [-0.2, -0.15) is 16.8 Å². The minimum absolute atomic E-state index is 0.204. The van der Waals surface area contributed by atoms with Gasteiger partial charge in [0.25, 0.3) is 20.2 Å².